The van der Waals surface area contributed by atoms with Crippen LogP contribution >= 0.6 is 11.3 Å². The largest absolute Gasteiger partial charge is 0.454 e. The van der Waals surface area contributed by atoms with Gasteiger partial charge in [-0.3, -0.25) is 0 Å². The van der Waals surface area contributed by atoms with Crippen LogP contribution in [-0.2, 0) is 0 Å². The van der Waals surface area contributed by atoms with Crippen LogP contribution in [0.3, 0.4) is 0 Å². The van der Waals surface area contributed by atoms with Crippen LogP contribution in [0.4, 0.5) is 5.82 Å². The van der Waals surface area contributed by atoms with Gasteiger partial charge in [0.1, 0.15) is 5.82 Å². The minimum Gasteiger partial charge on any atom is -0.454 e. The van der Waals surface area contributed by atoms with Gasteiger partial charge in [-0.05, 0) is 36.1 Å². The van der Waals surface area contributed by atoms with Crippen molar-refractivity contribution in [3.63, 3.8) is 0 Å². The fourth-order valence-corrected chi connectivity index (χ4v) is 3.35. The van der Waals surface area contributed by atoms with Gasteiger partial charge in [0.05, 0.1) is 10.2 Å². The van der Waals surface area contributed by atoms with Crippen LogP contribution in [0.15, 0.2) is 23.6 Å². The molecule has 0 bridgehead atoms. The van der Waals surface area contributed by atoms with Gasteiger partial charge in [0, 0.05) is 12.6 Å². The molecule has 2 aromatic heterocycles. The fraction of sp³-hybridized carbons (Fsp3) is 0.200. The van der Waals surface area contributed by atoms with E-state index in [0.29, 0.717) is 5.82 Å². The molecule has 5 nitrogen and oxygen atoms in total. The lowest BCUT2D eigenvalue weighted by atomic mass is 10.2. The van der Waals surface area contributed by atoms with Crippen molar-refractivity contribution < 1.29 is 9.47 Å². The van der Waals surface area contributed by atoms with Gasteiger partial charge in [0.2, 0.25) is 6.79 Å². The molecule has 3 aromatic rings. The van der Waals surface area contributed by atoms with Crippen molar-refractivity contribution in [1.82, 2.24) is 9.97 Å². The van der Waals surface area contributed by atoms with Crippen molar-refractivity contribution >= 4 is 27.4 Å². The number of aryl methyl sites for hydroxylation is 1. The number of hydrogen-bond donors (Lipinski definition) is 1. The van der Waals surface area contributed by atoms with Crippen molar-refractivity contribution in [3.8, 4) is 22.9 Å². The SMILES string of the molecule is CNc1nc(-c2ccc3c(c2)OCO3)nc2c(C)csc12. The number of rotatable bonds is 2. The van der Waals surface area contributed by atoms with E-state index in [1.54, 1.807) is 11.3 Å². The van der Waals surface area contributed by atoms with Gasteiger partial charge in [-0.2, -0.15) is 0 Å². The Balaban J connectivity index is 1.91. The van der Waals surface area contributed by atoms with Gasteiger partial charge in [0.25, 0.3) is 0 Å². The summed E-state index contributed by atoms with van der Waals surface area (Å²) in [6.45, 7) is 2.33. The smallest absolute Gasteiger partial charge is 0.231 e. The third-order valence-electron chi connectivity index (χ3n) is 3.46. The first kappa shape index (κ1) is 12.4. The summed E-state index contributed by atoms with van der Waals surface area (Å²) in [5.74, 6) is 3.04. The molecule has 1 aliphatic rings. The molecular formula is C15H13N3O2S. The zero-order chi connectivity index (χ0) is 14.4. The predicted molar refractivity (Wildman–Crippen MR) is 83.3 cm³/mol. The van der Waals surface area contributed by atoms with E-state index in [0.717, 1.165) is 38.7 Å². The molecule has 21 heavy (non-hydrogen) atoms. The molecule has 106 valence electrons. The van der Waals surface area contributed by atoms with Gasteiger partial charge in [-0.1, -0.05) is 0 Å². The maximum absolute atomic E-state index is 5.42. The lowest BCUT2D eigenvalue weighted by Crippen LogP contribution is -1.97. The van der Waals surface area contributed by atoms with E-state index in [1.165, 1.54) is 0 Å². The number of thiophene rings is 1. The standard InChI is InChI=1S/C15H13N3O2S/c1-8-6-21-13-12(8)17-14(18-15(13)16-2)9-3-4-10-11(5-9)20-7-19-10/h3-6H,7H2,1-2H3,(H,16,17,18). The number of benzene rings is 1. The molecule has 4 rings (SSSR count). The van der Waals surface area contributed by atoms with Crippen LogP contribution in [0.1, 0.15) is 5.56 Å². The quantitative estimate of drug-likeness (QED) is 0.785. The zero-order valence-electron chi connectivity index (χ0n) is 11.6. The number of anilines is 1. The lowest BCUT2D eigenvalue weighted by molar-refractivity contribution is 0.174. The average Bonchev–Trinajstić information content (AvgIpc) is 3.12. The van der Waals surface area contributed by atoms with Crippen LogP contribution in [0.25, 0.3) is 21.6 Å². The summed E-state index contributed by atoms with van der Waals surface area (Å²) in [5.41, 5.74) is 3.08. The van der Waals surface area contributed by atoms with Crippen molar-refractivity contribution in [2.75, 3.05) is 19.2 Å². The molecule has 0 saturated heterocycles. The van der Waals surface area contributed by atoms with E-state index in [2.05, 4.69) is 22.6 Å². The molecular weight excluding hydrogens is 286 g/mol. The lowest BCUT2D eigenvalue weighted by Gasteiger charge is -2.06. The summed E-state index contributed by atoms with van der Waals surface area (Å²) >= 11 is 1.66. The van der Waals surface area contributed by atoms with Crippen LogP contribution in [0, 0.1) is 6.92 Å². The minimum atomic E-state index is 0.268. The zero-order valence-corrected chi connectivity index (χ0v) is 12.5. The summed E-state index contributed by atoms with van der Waals surface area (Å²) in [6, 6.07) is 5.77. The third kappa shape index (κ3) is 1.91. The molecule has 1 aromatic carbocycles. The van der Waals surface area contributed by atoms with Crippen molar-refractivity contribution in [2.45, 2.75) is 6.92 Å². The molecule has 0 spiro atoms. The van der Waals surface area contributed by atoms with Crippen molar-refractivity contribution in [2.24, 2.45) is 0 Å². The fourth-order valence-electron chi connectivity index (χ4n) is 2.37. The Kier molecular flexibility index (Phi) is 2.71. The van der Waals surface area contributed by atoms with Gasteiger partial charge in [-0.15, -0.1) is 11.3 Å². The predicted octanol–water partition coefficient (Wildman–Crippen LogP) is 3.44. The Morgan fingerprint density at radius 1 is 1.19 bits per heavy atom. The highest BCUT2D eigenvalue weighted by Gasteiger charge is 2.17. The Labute approximate surface area is 125 Å². The van der Waals surface area contributed by atoms with Crippen LogP contribution < -0.4 is 14.8 Å². The molecule has 0 atom stereocenters. The molecule has 0 aliphatic carbocycles. The van der Waals surface area contributed by atoms with Gasteiger partial charge >= 0.3 is 0 Å². The maximum Gasteiger partial charge on any atom is 0.231 e. The molecule has 1 N–H and O–H groups in total. The highest BCUT2D eigenvalue weighted by atomic mass is 32.1. The van der Waals surface area contributed by atoms with E-state index < -0.39 is 0 Å². The number of aromatic nitrogens is 2. The Bertz CT molecular complexity index is 844. The molecule has 3 heterocycles. The summed E-state index contributed by atoms with van der Waals surface area (Å²) in [7, 11) is 1.88. The Morgan fingerprint density at radius 2 is 2.05 bits per heavy atom. The highest BCUT2D eigenvalue weighted by Crippen LogP contribution is 2.37. The number of fused-ring (bicyclic) bond motifs is 2. The van der Waals surface area contributed by atoms with Gasteiger partial charge in [0.15, 0.2) is 17.3 Å². The van der Waals surface area contributed by atoms with Gasteiger partial charge in [-0.25, -0.2) is 9.97 Å². The summed E-state index contributed by atoms with van der Waals surface area (Å²) in [5, 5.41) is 5.25. The highest BCUT2D eigenvalue weighted by molar-refractivity contribution is 7.18. The first-order valence-corrected chi connectivity index (χ1v) is 7.48. The topological polar surface area (TPSA) is 56.3 Å². The molecule has 0 saturated carbocycles. The molecule has 0 radical (unpaired) electrons. The summed E-state index contributed by atoms with van der Waals surface area (Å²) < 4.78 is 11.8. The maximum atomic E-state index is 5.42. The molecule has 0 amide bonds. The summed E-state index contributed by atoms with van der Waals surface area (Å²) in [4.78, 5) is 9.32. The van der Waals surface area contributed by atoms with Crippen molar-refractivity contribution in [3.05, 3.63) is 29.1 Å². The number of nitrogens with zero attached hydrogens (tertiary/aromatic N) is 2. The second-order valence-corrected chi connectivity index (χ2v) is 5.69. The van der Waals surface area contributed by atoms with E-state index >= 15 is 0 Å². The number of nitrogens with one attached hydrogen (secondary N) is 1. The van der Waals surface area contributed by atoms with Crippen molar-refractivity contribution in [1.29, 1.82) is 0 Å². The second-order valence-electron chi connectivity index (χ2n) is 4.81. The van der Waals surface area contributed by atoms with E-state index in [9.17, 15) is 0 Å². The van der Waals surface area contributed by atoms with Crippen LogP contribution in [-0.4, -0.2) is 23.8 Å². The van der Waals surface area contributed by atoms with Crippen LogP contribution in [0.2, 0.25) is 0 Å². The first-order chi connectivity index (χ1) is 10.3. The third-order valence-corrected chi connectivity index (χ3v) is 4.55. The number of hydrogen-bond acceptors (Lipinski definition) is 6. The normalized spacial score (nSPS) is 12.9. The first-order valence-electron chi connectivity index (χ1n) is 6.60. The van der Waals surface area contributed by atoms with Crippen LogP contribution in [0.5, 0.6) is 11.5 Å². The second kappa shape index (κ2) is 4.60. The van der Waals surface area contributed by atoms with Gasteiger partial charge < -0.3 is 14.8 Å². The Hall–Kier alpha value is -2.34. The minimum absolute atomic E-state index is 0.268. The Morgan fingerprint density at radius 3 is 2.90 bits per heavy atom. The summed E-state index contributed by atoms with van der Waals surface area (Å²) in [6.07, 6.45) is 0. The average molecular weight is 299 g/mol. The van der Waals surface area contributed by atoms with E-state index in [1.807, 2.05) is 25.2 Å². The van der Waals surface area contributed by atoms with E-state index in [4.69, 9.17) is 14.5 Å². The monoisotopic (exact) mass is 299 g/mol. The molecule has 0 fully saturated rings. The molecule has 0 unspecified atom stereocenters. The molecule has 1 aliphatic heterocycles. The van der Waals surface area contributed by atoms with E-state index in [-0.39, 0.29) is 6.79 Å². The molecule has 6 heteroatoms. The number of ether oxygens (including phenoxy) is 2.